The van der Waals surface area contributed by atoms with Gasteiger partial charge in [-0.25, -0.2) is 30.3 Å². The lowest BCUT2D eigenvalue weighted by atomic mass is 9.70. The predicted octanol–water partition coefficient (Wildman–Crippen LogP) is 4.14. The zero-order valence-corrected chi connectivity index (χ0v) is 17.8. The Labute approximate surface area is 180 Å². The molecule has 2 aromatic carbocycles. The first kappa shape index (κ1) is 23.9. The van der Waals surface area contributed by atoms with Crippen LogP contribution in [0.25, 0.3) is 0 Å². The highest BCUT2D eigenvalue weighted by Gasteiger charge is 2.57. The third-order valence-electron chi connectivity index (χ3n) is 5.16. The first-order chi connectivity index (χ1) is 14.2. The molecule has 0 amide bonds. The molecule has 13 heteroatoms. The molecule has 3 rings (SSSR count). The van der Waals surface area contributed by atoms with Gasteiger partial charge in [0.15, 0.2) is 9.84 Å². The molecule has 1 saturated carbocycles. The van der Waals surface area contributed by atoms with Crippen LogP contribution in [0.2, 0.25) is 5.02 Å². The fourth-order valence-electron chi connectivity index (χ4n) is 3.60. The summed E-state index contributed by atoms with van der Waals surface area (Å²) in [6, 6.07) is 7.21. The van der Waals surface area contributed by atoms with E-state index in [-0.39, 0.29) is 9.92 Å². The summed E-state index contributed by atoms with van der Waals surface area (Å²) >= 11 is 5.77. The number of nitrogens with one attached hydrogen (secondary N) is 1. The Morgan fingerprint density at radius 2 is 1.58 bits per heavy atom. The van der Waals surface area contributed by atoms with Crippen molar-refractivity contribution < 1.29 is 38.8 Å². The Morgan fingerprint density at radius 3 is 2.13 bits per heavy atom. The molecule has 31 heavy (non-hydrogen) atoms. The summed E-state index contributed by atoms with van der Waals surface area (Å²) < 4.78 is 114. The van der Waals surface area contributed by atoms with E-state index in [1.807, 2.05) is 0 Å². The van der Waals surface area contributed by atoms with Gasteiger partial charge in [0, 0.05) is 17.1 Å². The maximum atomic E-state index is 14.5. The van der Waals surface area contributed by atoms with E-state index in [9.17, 15) is 38.8 Å². The van der Waals surface area contributed by atoms with E-state index in [1.54, 1.807) is 0 Å². The molecule has 0 saturated heterocycles. The molecule has 0 radical (unpaired) electrons. The average Bonchev–Trinajstić information content (AvgIpc) is 2.62. The minimum absolute atomic E-state index is 0.234. The molecule has 0 atom stereocenters. The van der Waals surface area contributed by atoms with E-state index in [0.717, 1.165) is 18.2 Å². The normalized spacial score (nSPS) is 22.2. The van der Waals surface area contributed by atoms with Crippen molar-refractivity contribution in [3.8, 4) is 0 Å². The predicted molar refractivity (Wildman–Crippen MR) is 102 cm³/mol. The van der Waals surface area contributed by atoms with Gasteiger partial charge in [0.2, 0.25) is 0 Å². The van der Waals surface area contributed by atoms with Gasteiger partial charge in [-0.2, -0.15) is 13.2 Å². The van der Waals surface area contributed by atoms with Crippen LogP contribution >= 0.6 is 11.6 Å². The van der Waals surface area contributed by atoms with Gasteiger partial charge in [0.05, 0.1) is 4.90 Å². The molecule has 0 aromatic heterocycles. The highest BCUT2D eigenvalue weighted by atomic mass is 35.5. The van der Waals surface area contributed by atoms with E-state index >= 15 is 0 Å². The molecule has 0 aliphatic heterocycles. The summed E-state index contributed by atoms with van der Waals surface area (Å²) in [5.74, 6) is -2.77. The molecule has 0 unspecified atom stereocenters. The third-order valence-corrected chi connectivity index (χ3v) is 9.04. The van der Waals surface area contributed by atoms with Crippen molar-refractivity contribution in [1.29, 1.82) is 0 Å². The Bertz CT molecular complexity index is 1190. The molecule has 0 bridgehead atoms. The van der Waals surface area contributed by atoms with Crippen LogP contribution in [-0.2, 0) is 24.6 Å². The van der Waals surface area contributed by atoms with Crippen molar-refractivity contribution in [3.05, 3.63) is 64.7 Å². The maximum absolute atomic E-state index is 14.5. The Balaban J connectivity index is 1.98. The average molecular weight is 504 g/mol. The minimum atomic E-state index is -5.63. The van der Waals surface area contributed by atoms with E-state index in [0.29, 0.717) is 0 Å². The van der Waals surface area contributed by atoms with Crippen LogP contribution in [0.15, 0.2) is 47.4 Å². The number of benzene rings is 2. The smallest absolute Gasteiger partial charge is 0.223 e. The van der Waals surface area contributed by atoms with Gasteiger partial charge in [0.1, 0.15) is 16.4 Å². The van der Waals surface area contributed by atoms with E-state index in [1.165, 1.54) is 29.0 Å². The van der Waals surface area contributed by atoms with Gasteiger partial charge in [-0.3, -0.25) is 0 Å². The van der Waals surface area contributed by atoms with Crippen molar-refractivity contribution >= 4 is 31.5 Å². The molecular formula is C18H15ClF5NO4S2. The largest absolute Gasteiger partial charge is 0.511 e. The SMILES string of the molecule is O=S(=O)(NCC1CC(c2cc(F)ccc2F)(S(=O)(=O)c2ccc(Cl)cc2)C1)C(F)(F)F. The zero-order chi connectivity index (χ0) is 23.2. The number of sulfonamides is 1. The van der Waals surface area contributed by atoms with Crippen LogP contribution in [0.4, 0.5) is 22.0 Å². The van der Waals surface area contributed by atoms with E-state index in [4.69, 9.17) is 11.6 Å². The maximum Gasteiger partial charge on any atom is 0.511 e. The quantitative estimate of drug-likeness (QED) is 0.601. The fourth-order valence-corrected chi connectivity index (χ4v) is 6.64. The topological polar surface area (TPSA) is 80.3 Å². The lowest BCUT2D eigenvalue weighted by Crippen LogP contribution is -2.52. The molecule has 1 aliphatic carbocycles. The lowest BCUT2D eigenvalue weighted by Gasteiger charge is -2.47. The van der Waals surface area contributed by atoms with Crippen LogP contribution < -0.4 is 4.72 Å². The summed E-state index contributed by atoms with van der Waals surface area (Å²) in [4.78, 5) is -0.241. The van der Waals surface area contributed by atoms with Crippen molar-refractivity contribution in [1.82, 2.24) is 4.72 Å². The van der Waals surface area contributed by atoms with Crippen molar-refractivity contribution in [2.75, 3.05) is 6.54 Å². The zero-order valence-electron chi connectivity index (χ0n) is 15.5. The second kappa shape index (κ2) is 7.98. The van der Waals surface area contributed by atoms with E-state index < -0.39 is 72.6 Å². The van der Waals surface area contributed by atoms with Crippen molar-refractivity contribution in [2.24, 2.45) is 5.92 Å². The van der Waals surface area contributed by atoms with Crippen molar-refractivity contribution in [2.45, 2.75) is 28.0 Å². The Kier molecular flexibility index (Phi) is 6.15. The summed E-state index contributed by atoms with van der Waals surface area (Å²) in [5.41, 5.74) is -6.00. The van der Waals surface area contributed by atoms with Crippen LogP contribution in [0.1, 0.15) is 18.4 Å². The molecule has 0 heterocycles. The molecular weight excluding hydrogens is 489 g/mol. The van der Waals surface area contributed by atoms with Gasteiger partial charge < -0.3 is 0 Å². The highest BCUT2D eigenvalue weighted by molar-refractivity contribution is 7.92. The van der Waals surface area contributed by atoms with Crippen molar-refractivity contribution in [3.63, 3.8) is 0 Å². The summed E-state index contributed by atoms with van der Waals surface area (Å²) in [6.45, 7) is -0.712. The third kappa shape index (κ3) is 4.30. The van der Waals surface area contributed by atoms with Crippen LogP contribution in [0, 0.1) is 17.6 Å². The number of alkyl halides is 3. The summed E-state index contributed by atoms with van der Waals surface area (Å²) in [7, 11) is -9.98. The standard InChI is InChI=1S/C18H15ClF5NO4S2/c19-12-1-4-14(5-2-12)30(26,27)17(15-7-13(20)3-6-16(15)21)8-11(9-17)10-25-31(28,29)18(22,23)24/h1-7,11,25H,8-10H2. The van der Waals surface area contributed by atoms with Gasteiger partial charge in [-0.15, -0.1) is 0 Å². The fraction of sp³-hybridized carbons (Fsp3) is 0.333. The summed E-state index contributed by atoms with van der Waals surface area (Å²) in [5, 5.41) is 0.234. The molecule has 170 valence electrons. The van der Waals surface area contributed by atoms with E-state index in [2.05, 4.69) is 0 Å². The number of sulfone groups is 1. The second-order valence-corrected chi connectivity index (χ2v) is 11.6. The molecule has 1 fully saturated rings. The molecule has 5 nitrogen and oxygen atoms in total. The highest BCUT2D eigenvalue weighted by Crippen LogP contribution is 2.54. The molecule has 2 aromatic rings. The number of hydrogen-bond donors (Lipinski definition) is 1. The lowest BCUT2D eigenvalue weighted by molar-refractivity contribution is -0.0449. The summed E-state index contributed by atoms with van der Waals surface area (Å²) in [6.07, 6.45) is -0.836. The van der Waals surface area contributed by atoms with Gasteiger partial charge in [-0.05, 0) is 61.2 Å². The first-order valence-electron chi connectivity index (χ1n) is 8.71. The minimum Gasteiger partial charge on any atom is -0.223 e. The van der Waals surface area contributed by atoms with Crippen LogP contribution in [0.3, 0.4) is 0 Å². The Hall–Kier alpha value is -1.76. The van der Waals surface area contributed by atoms with Gasteiger partial charge in [0.25, 0.3) is 0 Å². The van der Waals surface area contributed by atoms with Crippen LogP contribution in [-0.4, -0.2) is 28.9 Å². The number of halogens is 6. The Morgan fingerprint density at radius 1 is 1.00 bits per heavy atom. The van der Waals surface area contributed by atoms with Gasteiger partial charge in [-0.1, -0.05) is 11.6 Å². The molecule has 1 aliphatic rings. The molecule has 0 spiro atoms. The number of rotatable bonds is 6. The van der Waals surface area contributed by atoms with Gasteiger partial charge >= 0.3 is 15.5 Å². The monoisotopic (exact) mass is 503 g/mol. The first-order valence-corrected chi connectivity index (χ1v) is 12.1. The molecule has 1 N–H and O–H groups in total. The van der Waals surface area contributed by atoms with Crippen LogP contribution in [0.5, 0.6) is 0 Å². The second-order valence-electron chi connectivity index (χ2n) is 7.15. The number of hydrogen-bond acceptors (Lipinski definition) is 4.